The normalized spacial score (nSPS) is 14.7. The van der Waals surface area contributed by atoms with Crippen molar-refractivity contribution in [3.63, 3.8) is 0 Å². The Morgan fingerprint density at radius 2 is 1.74 bits per heavy atom. The number of rotatable bonds is 3. The Morgan fingerprint density at radius 1 is 1.00 bits per heavy atom. The van der Waals surface area contributed by atoms with Gasteiger partial charge >= 0.3 is 0 Å². The first-order chi connectivity index (χ1) is 11.2. The van der Waals surface area contributed by atoms with Crippen molar-refractivity contribution in [2.45, 2.75) is 25.3 Å². The highest BCUT2D eigenvalue weighted by Crippen LogP contribution is 2.37. The molecule has 0 aliphatic heterocycles. The minimum atomic E-state index is -0.0652. The predicted molar refractivity (Wildman–Crippen MR) is 94.4 cm³/mol. The van der Waals surface area contributed by atoms with Crippen LogP contribution in [0.3, 0.4) is 0 Å². The first kappa shape index (κ1) is 14.8. The van der Waals surface area contributed by atoms with Crippen LogP contribution in [0.4, 0.5) is 0 Å². The smallest absolute Gasteiger partial charge is 0.203 e. The maximum Gasteiger partial charge on any atom is 0.203 e. The summed E-state index contributed by atoms with van der Waals surface area (Å²) in [6, 6.07) is 14.6. The summed E-state index contributed by atoms with van der Waals surface area (Å²) in [5, 5.41) is 1.26. The molecule has 0 N–H and O–H groups in total. The second-order valence-electron chi connectivity index (χ2n) is 5.91. The van der Waals surface area contributed by atoms with Crippen LogP contribution in [0.25, 0.3) is 0 Å². The molecule has 0 saturated carbocycles. The summed E-state index contributed by atoms with van der Waals surface area (Å²) in [6.07, 6.45) is 7.08. The van der Waals surface area contributed by atoms with E-state index in [2.05, 4.69) is 29.2 Å². The van der Waals surface area contributed by atoms with E-state index in [0.717, 1.165) is 29.0 Å². The first-order valence-electron chi connectivity index (χ1n) is 7.78. The molecule has 0 fully saturated rings. The lowest BCUT2D eigenvalue weighted by atomic mass is 9.95. The SMILES string of the molecule is Clc1cc2c(cc1C(c1ccccc1)n1ccnc1Cl)CCC2. The van der Waals surface area contributed by atoms with Crippen molar-refractivity contribution >= 4 is 23.2 Å². The van der Waals surface area contributed by atoms with Crippen LogP contribution in [-0.2, 0) is 12.8 Å². The minimum Gasteiger partial charge on any atom is -0.310 e. The van der Waals surface area contributed by atoms with Gasteiger partial charge in [-0.05, 0) is 59.2 Å². The molecule has 2 nitrogen and oxygen atoms in total. The minimum absolute atomic E-state index is 0.0652. The third-order valence-corrected chi connectivity index (χ3v) is 5.14. The molecule has 1 aliphatic rings. The van der Waals surface area contributed by atoms with Crippen LogP contribution in [0.2, 0.25) is 10.3 Å². The molecule has 0 radical (unpaired) electrons. The third-order valence-electron chi connectivity index (χ3n) is 4.52. The summed E-state index contributed by atoms with van der Waals surface area (Å²) < 4.78 is 1.97. The molecule has 1 unspecified atom stereocenters. The molecule has 0 saturated heterocycles. The van der Waals surface area contributed by atoms with Crippen LogP contribution in [0, 0.1) is 0 Å². The topological polar surface area (TPSA) is 17.8 Å². The molecule has 1 atom stereocenters. The second kappa shape index (κ2) is 6.03. The number of nitrogens with zero attached hydrogens (tertiary/aromatic N) is 2. The lowest BCUT2D eigenvalue weighted by molar-refractivity contribution is 0.677. The Labute approximate surface area is 145 Å². The van der Waals surface area contributed by atoms with Crippen molar-refractivity contribution in [1.29, 1.82) is 0 Å². The molecule has 0 amide bonds. The van der Waals surface area contributed by atoms with Gasteiger partial charge in [0.05, 0.1) is 6.04 Å². The van der Waals surface area contributed by atoms with E-state index >= 15 is 0 Å². The molecule has 4 rings (SSSR count). The van der Waals surface area contributed by atoms with Gasteiger partial charge in [-0.1, -0.05) is 48.0 Å². The third kappa shape index (κ3) is 2.66. The zero-order valence-corrected chi connectivity index (χ0v) is 14.1. The second-order valence-corrected chi connectivity index (χ2v) is 6.66. The van der Waals surface area contributed by atoms with E-state index in [4.69, 9.17) is 23.2 Å². The number of imidazole rings is 1. The van der Waals surface area contributed by atoms with E-state index in [1.807, 2.05) is 29.0 Å². The summed E-state index contributed by atoms with van der Waals surface area (Å²) in [5.74, 6) is 0. The number of aryl methyl sites for hydroxylation is 2. The maximum atomic E-state index is 6.64. The van der Waals surface area contributed by atoms with Crippen molar-refractivity contribution in [2.24, 2.45) is 0 Å². The molecule has 23 heavy (non-hydrogen) atoms. The Morgan fingerprint density at radius 3 is 2.43 bits per heavy atom. The van der Waals surface area contributed by atoms with Gasteiger partial charge in [0.15, 0.2) is 0 Å². The van der Waals surface area contributed by atoms with Crippen LogP contribution in [0.5, 0.6) is 0 Å². The van der Waals surface area contributed by atoms with E-state index in [0.29, 0.717) is 5.28 Å². The van der Waals surface area contributed by atoms with E-state index < -0.39 is 0 Å². The number of aromatic nitrogens is 2. The highest BCUT2D eigenvalue weighted by molar-refractivity contribution is 6.31. The molecule has 0 bridgehead atoms. The number of fused-ring (bicyclic) bond motifs is 1. The number of hydrogen-bond acceptors (Lipinski definition) is 1. The lowest BCUT2D eigenvalue weighted by Gasteiger charge is -2.22. The molecular formula is C19H16Cl2N2. The first-order valence-corrected chi connectivity index (χ1v) is 8.54. The molecule has 1 aromatic heterocycles. The average molecular weight is 343 g/mol. The predicted octanol–water partition coefficient (Wildman–Crippen LogP) is 5.32. The van der Waals surface area contributed by atoms with Gasteiger partial charge < -0.3 is 4.57 Å². The number of hydrogen-bond donors (Lipinski definition) is 0. The van der Waals surface area contributed by atoms with Crippen molar-refractivity contribution in [3.05, 3.63) is 87.4 Å². The van der Waals surface area contributed by atoms with Crippen LogP contribution in [0.15, 0.2) is 54.9 Å². The largest absolute Gasteiger partial charge is 0.310 e. The summed E-state index contributed by atoms with van der Waals surface area (Å²) in [6.45, 7) is 0. The summed E-state index contributed by atoms with van der Waals surface area (Å²) in [4.78, 5) is 4.18. The van der Waals surface area contributed by atoms with E-state index in [-0.39, 0.29) is 6.04 Å². The highest BCUT2D eigenvalue weighted by Gasteiger charge is 2.23. The molecular weight excluding hydrogens is 327 g/mol. The van der Waals surface area contributed by atoms with Gasteiger partial charge in [0.2, 0.25) is 5.28 Å². The van der Waals surface area contributed by atoms with Crippen molar-refractivity contribution in [2.75, 3.05) is 0 Å². The Balaban J connectivity index is 1.91. The van der Waals surface area contributed by atoms with Gasteiger partial charge in [-0.15, -0.1) is 0 Å². The summed E-state index contributed by atoms with van der Waals surface area (Å²) >= 11 is 13.0. The van der Waals surface area contributed by atoms with Crippen molar-refractivity contribution < 1.29 is 0 Å². The van der Waals surface area contributed by atoms with Gasteiger partial charge in [0, 0.05) is 17.4 Å². The van der Waals surface area contributed by atoms with E-state index in [9.17, 15) is 0 Å². The average Bonchev–Trinajstić information content (AvgIpc) is 3.18. The molecule has 2 aromatic carbocycles. The van der Waals surface area contributed by atoms with Crippen molar-refractivity contribution in [1.82, 2.24) is 9.55 Å². The highest BCUT2D eigenvalue weighted by atomic mass is 35.5. The Bertz CT molecular complexity index is 840. The summed E-state index contributed by atoms with van der Waals surface area (Å²) in [7, 11) is 0. The maximum absolute atomic E-state index is 6.64. The van der Waals surface area contributed by atoms with Gasteiger partial charge in [0.25, 0.3) is 0 Å². The quantitative estimate of drug-likeness (QED) is 0.630. The molecule has 4 heteroatoms. The molecule has 116 valence electrons. The zero-order valence-electron chi connectivity index (χ0n) is 12.5. The molecule has 0 spiro atoms. The van der Waals surface area contributed by atoms with E-state index in [1.165, 1.54) is 17.5 Å². The fraction of sp³-hybridized carbons (Fsp3) is 0.211. The van der Waals surface area contributed by atoms with Crippen LogP contribution in [-0.4, -0.2) is 9.55 Å². The molecule has 3 aromatic rings. The number of benzene rings is 2. The van der Waals surface area contributed by atoms with Crippen molar-refractivity contribution in [3.8, 4) is 0 Å². The van der Waals surface area contributed by atoms with Gasteiger partial charge in [-0.3, -0.25) is 0 Å². The van der Waals surface area contributed by atoms with Gasteiger partial charge in [-0.2, -0.15) is 0 Å². The Kier molecular flexibility index (Phi) is 3.88. The fourth-order valence-electron chi connectivity index (χ4n) is 3.44. The molecule has 1 heterocycles. The lowest BCUT2D eigenvalue weighted by Crippen LogP contribution is -2.13. The van der Waals surface area contributed by atoms with Gasteiger partial charge in [-0.25, -0.2) is 4.98 Å². The fourth-order valence-corrected chi connectivity index (χ4v) is 3.94. The molecule has 1 aliphatic carbocycles. The van der Waals surface area contributed by atoms with Crippen LogP contribution in [0.1, 0.15) is 34.7 Å². The number of halogens is 2. The monoisotopic (exact) mass is 342 g/mol. The summed E-state index contributed by atoms with van der Waals surface area (Å²) in [5.41, 5.74) is 5.01. The van der Waals surface area contributed by atoms with Crippen LogP contribution < -0.4 is 0 Å². The van der Waals surface area contributed by atoms with Crippen LogP contribution >= 0.6 is 23.2 Å². The zero-order chi connectivity index (χ0) is 15.8. The standard InChI is InChI=1S/C19H16Cl2N2/c20-17-12-15-8-4-7-14(15)11-16(17)18(13-5-2-1-3-6-13)23-10-9-22-19(23)21/h1-3,5-6,9-12,18H,4,7-8H2. The Hall–Kier alpha value is -1.77. The van der Waals surface area contributed by atoms with Gasteiger partial charge in [0.1, 0.15) is 0 Å². The van der Waals surface area contributed by atoms with E-state index in [1.54, 1.807) is 6.20 Å².